The number of nitrogens with one attached hydrogen (secondary N) is 2. The SMILES string of the molecule is O=C(Nc1cccnc1Cl)NC(c1ccccc1)c1ccncc1. The van der Waals surface area contributed by atoms with Crippen LogP contribution in [0.15, 0.2) is 73.2 Å². The monoisotopic (exact) mass is 338 g/mol. The van der Waals surface area contributed by atoms with Crippen molar-refractivity contribution in [2.75, 3.05) is 5.32 Å². The molecule has 120 valence electrons. The van der Waals surface area contributed by atoms with Gasteiger partial charge in [0.05, 0.1) is 11.7 Å². The second kappa shape index (κ2) is 7.57. The van der Waals surface area contributed by atoms with Gasteiger partial charge < -0.3 is 10.6 Å². The summed E-state index contributed by atoms with van der Waals surface area (Å²) < 4.78 is 0. The summed E-state index contributed by atoms with van der Waals surface area (Å²) in [5.74, 6) is 0. The van der Waals surface area contributed by atoms with Crippen molar-refractivity contribution in [1.82, 2.24) is 15.3 Å². The minimum atomic E-state index is -0.365. The van der Waals surface area contributed by atoms with Gasteiger partial charge in [-0.2, -0.15) is 0 Å². The van der Waals surface area contributed by atoms with Crippen molar-refractivity contribution in [3.05, 3.63) is 89.5 Å². The molecule has 5 nitrogen and oxygen atoms in total. The van der Waals surface area contributed by atoms with Crippen LogP contribution >= 0.6 is 11.6 Å². The highest BCUT2D eigenvalue weighted by Crippen LogP contribution is 2.22. The molecule has 1 aromatic carbocycles. The standard InChI is InChI=1S/C18H15ClN4O/c19-17-15(7-4-10-21-17)22-18(24)23-16(13-5-2-1-3-6-13)14-8-11-20-12-9-14/h1-12,16H,(H2,22,23,24). The van der Waals surface area contributed by atoms with Crippen molar-refractivity contribution in [3.8, 4) is 0 Å². The van der Waals surface area contributed by atoms with E-state index in [4.69, 9.17) is 11.6 Å². The first-order valence-electron chi connectivity index (χ1n) is 7.37. The molecule has 6 heteroatoms. The van der Waals surface area contributed by atoms with Crippen LogP contribution in [-0.4, -0.2) is 16.0 Å². The third-order valence-electron chi connectivity index (χ3n) is 3.46. The molecule has 0 saturated carbocycles. The fourth-order valence-corrected chi connectivity index (χ4v) is 2.50. The summed E-state index contributed by atoms with van der Waals surface area (Å²) in [6.45, 7) is 0. The average Bonchev–Trinajstić information content (AvgIpc) is 2.63. The minimum absolute atomic E-state index is 0.243. The number of carbonyl (C=O) groups excluding carboxylic acids is 1. The second-order valence-electron chi connectivity index (χ2n) is 5.06. The van der Waals surface area contributed by atoms with E-state index in [9.17, 15) is 4.79 Å². The summed E-state index contributed by atoms with van der Waals surface area (Å²) >= 11 is 5.98. The molecule has 0 aliphatic carbocycles. The van der Waals surface area contributed by atoms with E-state index in [-0.39, 0.29) is 17.2 Å². The smallest absolute Gasteiger partial charge is 0.320 e. The molecule has 2 N–H and O–H groups in total. The van der Waals surface area contributed by atoms with Gasteiger partial charge >= 0.3 is 6.03 Å². The third-order valence-corrected chi connectivity index (χ3v) is 3.76. The zero-order valence-electron chi connectivity index (χ0n) is 12.7. The number of halogens is 1. The number of hydrogen-bond donors (Lipinski definition) is 2. The van der Waals surface area contributed by atoms with E-state index < -0.39 is 0 Å². The lowest BCUT2D eigenvalue weighted by atomic mass is 10.00. The maximum atomic E-state index is 12.4. The first-order valence-corrected chi connectivity index (χ1v) is 7.75. The van der Waals surface area contributed by atoms with Crippen molar-refractivity contribution in [2.45, 2.75) is 6.04 Å². The lowest BCUT2D eigenvalue weighted by Gasteiger charge is -2.20. The van der Waals surface area contributed by atoms with Gasteiger partial charge in [-0.25, -0.2) is 9.78 Å². The van der Waals surface area contributed by atoms with E-state index in [1.54, 1.807) is 30.7 Å². The molecule has 0 radical (unpaired) electrons. The van der Waals surface area contributed by atoms with E-state index >= 15 is 0 Å². The van der Waals surface area contributed by atoms with Crippen molar-refractivity contribution in [2.24, 2.45) is 0 Å². The molecule has 3 aromatic rings. The van der Waals surface area contributed by atoms with Gasteiger partial charge in [0.2, 0.25) is 0 Å². The van der Waals surface area contributed by atoms with E-state index in [0.717, 1.165) is 11.1 Å². The number of urea groups is 1. The zero-order chi connectivity index (χ0) is 16.8. The largest absolute Gasteiger partial charge is 0.327 e. The number of benzene rings is 1. The van der Waals surface area contributed by atoms with Gasteiger partial charge in [0.15, 0.2) is 5.15 Å². The number of pyridine rings is 2. The molecule has 1 unspecified atom stereocenters. The predicted molar refractivity (Wildman–Crippen MR) is 93.9 cm³/mol. The summed E-state index contributed by atoms with van der Waals surface area (Å²) in [7, 11) is 0. The Labute approximate surface area is 144 Å². The number of nitrogens with zero attached hydrogens (tertiary/aromatic N) is 2. The van der Waals surface area contributed by atoms with Crippen LogP contribution in [0, 0.1) is 0 Å². The van der Waals surface area contributed by atoms with Crippen LogP contribution in [0.5, 0.6) is 0 Å². The number of carbonyl (C=O) groups is 1. The Bertz CT molecular complexity index is 772. The summed E-state index contributed by atoms with van der Waals surface area (Å²) in [5, 5.41) is 5.92. The molecule has 2 amide bonds. The van der Waals surface area contributed by atoms with E-state index in [0.29, 0.717) is 5.69 Å². The van der Waals surface area contributed by atoms with E-state index in [1.807, 2.05) is 42.5 Å². The Hall–Kier alpha value is -2.92. The van der Waals surface area contributed by atoms with E-state index in [2.05, 4.69) is 20.6 Å². The molecule has 2 heterocycles. The van der Waals surface area contributed by atoms with E-state index in [1.165, 1.54) is 0 Å². The number of rotatable bonds is 4. The fourth-order valence-electron chi connectivity index (χ4n) is 2.33. The summed E-state index contributed by atoms with van der Waals surface area (Å²) in [4.78, 5) is 20.4. The van der Waals surface area contributed by atoms with Crippen molar-refractivity contribution in [3.63, 3.8) is 0 Å². The molecule has 0 aliphatic rings. The van der Waals surface area contributed by atoms with Crippen molar-refractivity contribution in [1.29, 1.82) is 0 Å². The highest BCUT2D eigenvalue weighted by atomic mass is 35.5. The topological polar surface area (TPSA) is 66.9 Å². The maximum Gasteiger partial charge on any atom is 0.320 e. The second-order valence-corrected chi connectivity index (χ2v) is 5.42. The number of hydrogen-bond acceptors (Lipinski definition) is 3. The highest BCUT2D eigenvalue weighted by molar-refractivity contribution is 6.32. The van der Waals surface area contributed by atoms with Crippen LogP contribution in [0.2, 0.25) is 5.15 Å². The number of anilines is 1. The quantitative estimate of drug-likeness (QED) is 0.705. The Morgan fingerprint density at radius 1 is 0.917 bits per heavy atom. The molecular weight excluding hydrogens is 324 g/mol. The van der Waals surface area contributed by atoms with Gasteiger partial charge in [0.25, 0.3) is 0 Å². The lowest BCUT2D eigenvalue weighted by Crippen LogP contribution is -2.33. The first-order chi connectivity index (χ1) is 11.7. The number of aromatic nitrogens is 2. The molecule has 24 heavy (non-hydrogen) atoms. The van der Waals surface area contributed by atoms with Gasteiger partial charge in [-0.05, 0) is 35.4 Å². The van der Waals surface area contributed by atoms with Crippen LogP contribution in [-0.2, 0) is 0 Å². The van der Waals surface area contributed by atoms with Gasteiger partial charge in [0, 0.05) is 18.6 Å². The zero-order valence-corrected chi connectivity index (χ0v) is 13.4. The third kappa shape index (κ3) is 3.88. The van der Waals surface area contributed by atoms with Crippen LogP contribution in [0.4, 0.5) is 10.5 Å². The Morgan fingerprint density at radius 3 is 2.33 bits per heavy atom. The van der Waals surface area contributed by atoms with Gasteiger partial charge in [-0.3, -0.25) is 4.98 Å². The first kappa shape index (κ1) is 16.0. The van der Waals surface area contributed by atoms with Crippen LogP contribution in [0.3, 0.4) is 0 Å². The molecule has 0 bridgehead atoms. The molecule has 3 rings (SSSR count). The van der Waals surface area contributed by atoms with Gasteiger partial charge in [-0.15, -0.1) is 0 Å². The van der Waals surface area contributed by atoms with Crippen LogP contribution in [0.25, 0.3) is 0 Å². The molecular formula is C18H15ClN4O. The molecule has 0 saturated heterocycles. The molecule has 2 aromatic heterocycles. The number of amides is 2. The molecule has 0 fully saturated rings. The molecule has 0 spiro atoms. The van der Waals surface area contributed by atoms with Crippen molar-refractivity contribution < 1.29 is 4.79 Å². The maximum absolute atomic E-state index is 12.4. The van der Waals surface area contributed by atoms with Crippen LogP contribution in [0.1, 0.15) is 17.2 Å². The lowest BCUT2D eigenvalue weighted by molar-refractivity contribution is 0.250. The Kier molecular flexibility index (Phi) is 5.03. The highest BCUT2D eigenvalue weighted by Gasteiger charge is 2.17. The van der Waals surface area contributed by atoms with Crippen molar-refractivity contribution >= 4 is 23.3 Å². The van der Waals surface area contributed by atoms with Crippen LogP contribution < -0.4 is 10.6 Å². The van der Waals surface area contributed by atoms with Gasteiger partial charge in [0.1, 0.15) is 0 Å². The minimum Gasteiger partial charge on any atom is -0.327 e. The fraction of sp³-hybridized carbons (Fsp3) is 0.0556. The van der Waals surface area contributed by atoms with Gasteiger partial charge in [-0.1, -0.05) is 41.9 Å². The summed E-state index contributed by atoms with van der Waals surface area (Å²) in [6.07, 6.45) is 4.96. The Balaban J connectivity index is 1.82. The molecule has 1 atom stereocenters. The molecule has 0 aliphatic heterocycles. The predicted octanol–water partition coefficient (Wildman–Crippen LogP) is 4.04. The summed E-state index contributed by atoms with van der Waals surface area (Å²) in [5.41, 5.74) is 2.36. The normalized spacial score (nSPS) is 11.5. The average molecular weight is 339 g/mol. The Morgan fingerprint density at radius 2 is 1.62 bits per heavy atom. The summed E-state index contributed by atoms with van der Waals surface area (Å²) in [6, 6.07) is 16.2.